The van der Waals surface area contributed by atoms with E-state index in [1.807, 2.05) is 24.3 Å². The normalized spacial score (nSPS) is 17.1. The Morgan fingerprint density at radius 1 is 1.38 bits per heavy atom. The summed E-state index contributed by atoms with van der Waals surface area (Å²) in [6.45, 7) is 2.96. The van der Waals surface area contributed by atoms with Crippen molar-refractivity contribution in [1.29, 1.82) is 0 Å². The molecular weight excluding hydrogens is 290 g/mol. The Bertz CT molecular complexity index is 601. The third-order valence-corrected chi connectivity index (χ3v) is 4.90. The van der Waals surface area contributed by atoms with Gasteiger partial charge in [-0.1, -0.05) is 25.1 Å². The number of amides is 1. The molecule has 1 atom stereocenters. The second kappa shape index (κ2) is 6.91. The number of sulfonamides is 1. The lowest BCUT2D eigenvalue weighted by Gasteiger charge is -2.11. The Balaban J connectivity index is 1.79. The molecule has 21 heavy (non-hydrogen) atoms. The van der Waals surface area contributed by atoms with Crippen molar-refractivity contribution in [3.05, 3.63) is 29.8 Å². The van der Waals surface area contributed by atoms with E-state index in [0.29, 0.717) is 13.0 Å². The summed E-state index contributed by atoms with van der Waals surface area (Å²) in [6, 6.07) is 7.93. The van der Waals surface area contributed by atoms with Gasteiger partial charge in [0.05, 0.1) is 5.75 Å². The monoisotopic (exact) mass is 311 g/mol. The Hall–Kier alpha value is -1.60. The Morgan fingerprint density at radius 2 is 2.14 bits per heavy atom. The lowest BCUT2D eigenvalue weighted by atomic mass is 9.98. The molecule has 1 heterocycles. The van der Waals surface area contributed by atoms with Crippen LogP contribution in [0.25, 0.3) is 0 Å². The van der Waals surface area contributed by atoms with Crippen molar-refractivity contribution < 1.29 is 13.2 Å². The number of hydrogen-bond donors (Lipinski definition) is 3. The van der Waals surface area contributed by atoms with Crippen molar-refractivity contribution in [2.45, 2.75) is 19.3 Å². The highest BCUT2D eigenvalue weighted by molar-refractivity contribution is 7.89. The molecule has 1 unspecified atom stereocenters. The molecule has 116 valence electrons. The van der Waals surface area contributed by atoms with Gasteiger partial charge in [-0.3, -0.25) is 4.79 Å². The average Bonchev–Trinajstić information content (AvgIpc) is 2.82. The van der Waals surface area contributed by atoms with Crippen molar-refractivity contribution in [2.24, 2.45) is 0 Å². The van der Waals surface area contributed by atoms with Crippen molar-refractivity contribution >= 4 is 21.6 Å². The number of nitrogens with one attached hydrogen (secondary N) is 3. The van der Waals surface area contributed by atoms with Gasteiger partial charge in [0, 0.05) is 37.7 Å². The maximum absolute atomic E-state index is 11.9. The molecule has 2 rings (SSSR count). The van der Waals surface area contributed by atoms with Crippen LogP contribution in [-0.2, 0) is 14.8 Å². The fraction of sp³-hybridized carbons (Fsp3) is 0.500. The lowest BCUT2D eigenvalue weighted by molar-refractivity contribution is -0.121. The van der Waals surface area contributed by atoms with Crippen LogP contribution in [0.3, 0.4) is 0 Å². The minimum absolute atomic E-state index is 0.0912. The summed E-state index contributed by atoms with van der Waals surface area (Å²) in [4.78, 5) is 11.9. The summed E-state index contributed by atoms with van der Waals surface area (Å²) in [6.07, 6.45) is 0.366. The molecule has 1 amide bonds. The molecule has 0 spiro atoms. The summed E-state index contributed by atoms with van der Waals surface area (Å²) < 4.78 is 25.3. The number of carbonyl (C=O) groups excluding carboxylic acids is 1. The first-order valence-corrected chi connectivity index (χ1v) is 8.74. The van der Waals surface area contributed by atoms with Crippen LogP contribution < -0.4 is 15.4 Å². The molecule has 0 aliphatic carbocycles. The first-order valence-electron chi connectivity index (χ1n) is 7.08. The van der Waals surface area contributed by atoms with E-state index >= 15 is 0 Å². The Labute approximate surface area is 125 Å². The standard InChI is InChI=1S/C14H21N3O3S/c1-2-17-21(19,20)8-7-15-14(18)9-11-10-16-13-6-4-3-5-12(11)13/h3-6,11,16-17H,2,7-10H2,1H3,(H,15,18). The molecule has 1 aromatic rings. The number of hydrogen-bond acceptors (Lipinski definition) is 4. The van der Waals surface area contributed by atoms with Gasteiger partial charge >= 0.3 is 0 Å². The predicted molar refractivity (Wildman–Crippen MR) is 82.8 cm³/mol. The van der Waals surface area contributed by atoms with Crippen LogP contribution in [0.4, 0.5) is 5.69 Å². The maximum Gasteiger partial charge on any atom is 0.220 e. The van der Waals surface area contributed by atoms with Gasteiger partial charge in [0.15, 0.2) is 0 Å². The minimum Gasteiger partial charge on any atom is -0.384 e. The van der Waals surface area contributed by atoms with Gasteiger partial charge in [-0.05, 0) is 11.6 Å². The van der Waals surface area contributed by atoms with Crippen LogP contribution in [0.15, 0.2) is 24.3 Å². The van der Waals surface area contributed by atoms with Gasteiger partial charge in [0.25, 0.3) is 0 Å². The van der Waals surface area contributed by atoms with Crippen molar-refractivity contribution in [1.82, 2.24) is 10.0 Å². The van der Waals surface area contributed by atoms with Crippen LogP contribution >= 0.6 is 0 Å². The fourth-order valence-corrected chi connectivity index (χ4v) is 3.41. The van der Waals surface area contributed by atoms with Crippen LogP contribution in [0, 0.1) is 0 Å². The first kappa shape index (κ1) is 15.8. The van der Waals surface area contributed by atoms with Crippen LogP contribution in [-0.4, -0.2) is 39.7 Å². The fourth-order valence-electron chi connectivity index (χ4n) is 2.45. The number of para-hydroxylation sites is 1. The lowest BCUT2D eigenvalue weighted by Crippen LogP contribution is -2.34. The van der Waals surface area contributed by atoms with Gasteiger partial charge < -0.3 is 10.6 Å². The molecular formula is C14H21N3O3S. The number of fused-ring (bicyclic) bond motifs is 1. The summed E-state index contributed by atoms with van der Waals surface area (Å²) in [5.41, 5.74) is 2.22. The molecule has 1 aromatic carbocycles. The molecule has 3 N–H and O–H groups in total. The Morgan fingerprint density at radius 3 is 2.90 bits per heavy atom. The molecule has 1 aliphatic rings. The molecule has 7 heteroatoms. The predicted octanol–water partition coefficient (Wildman–Crippen LogP) is 0.641. The zero-order chi connectivity index (χ0) is 15.3. The molecule has 0 fully saturated rings. The molecule has 0 radical (unpaired) electrons. The van der Waals surface area contributed by atoms with E-state index in [1.165, 1.54) is 0 Å². The van der Waals surface area contributed by atoms with Crippen LogP contribution in [0.5, 0.6) is 0 Å². The van der Waals surface area contributed by atoms with Crippen LogP contribution in [0.2, 0.25) is 0 Å². The van der Waals surface area contributed by atoms with Gasteiger partial charge in [0.1, 0.15) is 0 Å². The van der Waals surface area contributed by atoms with Crippen molar-refractivity contribution in [2.75, 3.05) is 30.7 Å². The van der Waals surface area contributed by atoms with E-state index in [2.05, 4.69) is 15.4 Å². The highest BCUT2D eigenvalue weighted by atomic mass is 32.2. The van der Waals surface area contributed by atoms with Gasteiger partial charge in [-0.25, -0.2) is 13.1 Å². The third kappa shape index (κ3) is 4.44. The molecule has 0 aromatic heterocycles. The van der Waals surface area contributed by atoms with Crippen LogP contribution in [0.1, 0.15) is 24.8 Å². The SMILES string of the molecule is CCNS(=O)(=O)CCNC(=O)CC1CNc2ccccc21. The molecule has 6 nitrogen and oxygen atoms in total. The smallest absolute Gasteiger partial charge is 0.220 e. The molecule has 0 saturated heterocycles. The second-order valence-corrected chi connectivity index (χ2v) is 6.96. The number of carbonyl (C=O) groups is 1. The highest BCUT2D eigenvalue weighted by Gasteiger charge is 2.23. The van der Waals surface area contributed by atoms with E-state index in [9.17, 15) is 13.2 Å². The van der Waals surface area contributed by atoms with E-state index in [1.54, 1.807) is 6.92 Å². The van der Waals surface area contributed by atoms with Gasteiger partial charge in [-0.15, -0.1) is 0 Å². The number of benzene rings is 1. The van der Waals surface area contributed by atoms with E-state index in [0.717, 1.165) is 17.8 Å². The minimum atomic E-state index is -3.28. The summed E-state index contributed by atoms with van der Waals surface area (Å²) >= 11 is 0. The molecule has 0 bridgehead atoms. The first-order chi connectivity index (χ1) is 10.0. The quantitative estimate of drug-likeness (QED) is 0.690. The molecule has 0 saturated carbocycles. The second-order valence-electron chi connectivity index (χ2n) is 5.04. The average molecular weight is 311 g/mol. The highest BCUT2D eigenvalue weighted by Crippen LogP contribution is 2.32. The van der Waals surface area contributed by atoms with Crippen molar-refractivity contribution in [3.63, 3.8) is 0 Å². The Kier molecular flexibility index (Phi) is 5.19. The summed E-state index contributed by atoms with van der Waals surface area (Å²) in [5.74, 6) is -0.0664. The zero-order valence-electron chi connectivity index (χ0n) is 12.1. The summed E-state index contributed by atoms with van der Waals surface area (Å²) in [5, 5.41) is 5.94. The van der Waals surface area contributed by atoms with E-state index in [4.69, 9.17) is 0 Å². The number of anilines is 1. The third-order valence-electron chi connectivity index (χ3n) is 3.43. The zero-order valence-corrected chi connectivity index (χ0v) is 12.9. The largest absolute Gasteiger partial charge is 0.384 e. The topological polar surface area (TPSA) is 87.3 Å². The number of rotatable bonds is 7. The van der Waals surface area contributed by atoms with Crippen molar-refractivity contribution in [3.8, 4) is 0 Å². The van der Waals surface area contributed by atoms with E-state index < -0.39 is 10.0 Å². The summed E-state index contributed by atoms with van der Waals surface area (Å²) in [7, 11) is -3.28. The van der Waals surface area contributed by atoms with Gasteiger partial charge in [-0.2, -0.15) is 0 Å². The molecule has 1 aliphatic heterocycles. The van der Waals surface area contributed by atoms with Gasteiger partial charge in [0.2, 0.25) is 15.9 Å². The maximum atomic E-state index is 11.9. The van der Waals surface area contributed by atoms with E-state index in [-0.39, 0.29) is 24.1 Å².